The molecule has 2 unspecified atom stereocenters. The minimum Gasteiger partial charge on any atom is -0.505 e. The predicted molar refractivity (Wildman–Crippen MR) is 140 cm³/mol. The van der Waals surface area contributed by atoms with E-state index in [0.29, 0.717) is 16.4 Å². The molecule has 0 saturated carbocycles. The van der Waals surface area contributed by atoms with Crippen LogP contribution in [0.3, 0.4) is 0 Å². The Morgan fingerprint density at radius 1 is 1.22 bits per heavy atom. The van der Waals surface area contributed by atoms with E-state index in [4.69, 9.17) is 16.0 Å². The van der Waals surface area contributed by atoms with E-state index in [1.54, 1.807) is 38.4 Å². The van der Waals surface area contributed by atoms with Crippen LogP contribution < -0.4 is 15.4 Å². The number of phenols is 1. The number of hydrogen-bond donors (Lipinski definition) is 4. The molecule has 2 aromatic carbocycles. The van der Waals surface area contributed by atoms with Gasteiger partial charge >= 0.3 is 10.2 Å². The molecule has 10 nitrogen and oxygen atoms in total. The van der Waals surface area contributed by atoms with Crippen LogP contribution in [0.1, 0.15) is 42.9 Å². The fourth-order valence-corrected chi connectivity index (χ4v) is 5.04. The van der Waals surface area contributed by atoms with E-state index in [2.05, 4.69) is 19.8 Å². The number of nitrogens with one attached hydrogen (secondary N) is 3. The van der Waals surface area contributed by atoms with Gasteiger partial charge in [-0.3, -0.25) is 10.1 Å². The Morgan fingerprint density at radius 2 is 1.94 bits per heavy atom. The van der Waals surface area contributed by atoms with Gasteiger partial charge in [-0.25, -0.2) is 0 Å². The zero-order valence-electron chi connectivity index (χ0n) is 20.5. The SMILES string of the molecule is CN(C)C(=O)c1cccc(NC2=NS(=O)(=O)NC2NC(c2cc3cc(Cl)ccc3o2)C(C)(C)C)c1O. The average Bonchev–Trinajstić information content (AvgIpc) is 3.30. The molecule has 1 aliphatic heterocycles. The number of phenolic OH excluding ortho intramolecular Hbond substituents is 1. The Morgan fingerprint density at radius 3 is 2.61 bits per heavy atom. The maximum absolute atomic E-state index is 12.4. The van der Waals surface area contributed by atoms with Crippen LogP contribution in [-0.4, -0.2) is 50.4 Å². The number of nitrogens with zero attached hydrogens (tertiary/aromatic N) is 2. The van der Waals surface area contributed by atoms with Crippen molar-refractivity contribution >= 4 is 50.2 Å². The lowest BCUT2D eigenvalue weighted by atomic mass is 9.85. The van der Waals surface area contributed by atoms with Gasteiger partial charge in [0.05, 0.1) is 17.3 Å². The molecule has 2 heterocycles. The fraction of sp³-hybridized carbons (Fsp3) is 0.333. The molecule has 0 bridgehead atoms. The van der Waals surface area contributed by atoms with Gasteiger partial charge in [0, 0.05) is 24.5 Å². The summed E-state index contributed by atoms with van der Waals surface area (Å²) < 4.78 is 37.1. The number of hydrogen-bond acceptors (Lipinski definition) is 7. The summed E-state index contributed by atoms with van der Waals surface area (Å²) in [4.78, 5) is 13.7. The molecule has 1 amide bonds. The number of anilines is 1. The third kappa shape index (κ3) is 5.34. The van der Waals surface area contributed by atoms with Gasteiger partial charge in [0.15, 0.2) is 11.6 Å². The number of para-hydroxylation sites is 1. The first-order valence-corrected chi connectivity index (χ1v) is 12.9. The Bertz CT molecular complexity index is 1460. The number of amides is 1. The first-order valence-electron chi connectivity index (χ1n) is 11.1. The van der Waals surface area contributed by atoms with Crippen LogP contribution in [0.25, 0.3) is 11.0 Å². The summed E-state index contributed by atoms with van der Waals surface area (Å²) >= 11 is 6.12. The Labute approximate surface area is 214 Å². The zero-order valence-corrected chi connectivity index (χ0v) is 22.0. The number of furan rings is 1. The molecule has 192 valence electrons. The fourth-order valence-electron chi connectivity index (χ4n) is 3.92. The number of benzene rings is 2. The van der Waals surface area contributed by atoms with Crippen molar-refractivity contribution in [3.05, 3.63) is 58.8 Å². The van der Waals surface area contributed by atoms with Gasteiger partial charge in [-0.15, -0.1) is 4.40 Å². The molecule has 0 spiro atoms. The lowest BCUT2D eigenvalue weighted by Gasteiger charge is -2.32. The van der Waals surface area contributed by atoms with Crippen molar-refractivity contribution in [1.82, 2.24) is 14.9 Å². The van der Waals surface area contributed by atoms with Crippen LogP contribution in [0, 0.1) is 5.41 Å². The molecular weight excluding hydrogens is 506 g/mol. The molecule has 1 aliphatic rings. The third-order valence-electron chi connectivity index (χ3n) is 5.68. The summed E-state index contributed by atoms with van der Waals surface area (Å²) in [7, 11) is -0.878. The van der Waals surface area contributed by atoms with Crippen molar-refractivity contribution in [3.8, 4) is 5.75 Å². The van der Waals surface area contributed by atoms with Gasteiger partial charge in [0.25, 0.3) is 5.91 Å². The van der Waals surface area contributed by atoms with Crippen molar-refractivity contribution < 1.29 is 22.7 Å². The van der Waals surface area contributed by atoms with Crippen LogP contribution in [0.2, 0.25) is 5.02 Å². The van der Waals surface area contributed by atoms with Crippen LogP contribution in [-0.2, 0) is 10.2 Å². The number of amidine groups is 1. The molecule has 4 N–H and O–H groups in total. The van der Waals surface area contributed by atoms with Crippen LogP contribution in [0.15, 0.2) is 51.3 Å². The van der Waals surface area contributed by atoms with Crippen molar-refractivity contribution in [3.63, 3.8) is 0 Å². The van der Waals surface area contributed by atoms with Crippen molar-refractivity contribution in [1.29, 1.82) is 0 Å². The van der Waals surface area contributed by atoms with E-state index in [-0.39, 0.29) is 22.8 Å². The topological polar surface area (TPSA) is 136 Å². The molecule has 0 aliphatic carbocycles. The molecular formula is C24H28ClN5O5S. The second-order valence-corrected chi connectivity index (χ2v) is 11.6. The van der Waals surface area contributed by atoms with E-state index in [9.17, 15) is 18.3 Å². The van der Waals surface area contributed by atoms with Crippen LogP contribution in [0.4, 0.5) is 5.69 Å². The maximum Gasteiger partial charge on any atom is 0.323 e. The smallest absolute Gasteiger partial charge is 0.323 e. The number of carbonyl (C=O) groups excluding carboxylic acids is 1. The van der Waals surface area contributed by atoms with Crippen LogP contribution in [0.5, 0.6) is 5.75 Å². The predicted octanol–water partition coefficient (Wildman–Crippen LogP) is 3.86. The summed E-state index contributed by atoms with van der Waals surface area (Å²) in [6.07, 6.45) is -0.969. The van der Waals surface area contributed by atoms with Gasteiger partial charge in [-0.05, 0) is 41.8 Å². The average molecular weight is 534 g/mol. The highest BCUT2D eigenvalue weighted by Crippen LogP contribution is 2.37. The Hall–Kier alpha value is -3.12. The molecule has 12 heteroatoms. The molecule has 1 aromatic heterocycles. The first kappa shape index (κ1) is 26.0. The molecule has 0 radical (unpaired) electrons. The largest absolute Gasteiger partial charge is 0.505 e. The Balaban J connectivity index is 1.67. The van der Waals surface area contributed by atoms with Gasteiger partial charge in [0.1, 0.15) is 17.5 Å². The molecule has 3 aromatic rings. The monoisotopic (exact) mass is 533 g/mol. The van der Waals surface area contributed by atoms with E-state index < -0.39 is 33.7 Å². The van der Waals surface area contributed by atoms with E-state index in [0.717, 1.165) is 5.39 Å². The lowest BCUT2D eigenvalue weighted by Crippen LogP contribution is -2.51. The number of halogens is 1. The highest BCUT2D eigenvalue weighted by atomic mass is 35.5. The molecule has 2 atom stereocenters. The van der Waals surface area contributed by atoms with E-state index >= 15 is 0 Å². The second kappa shape index (κ2) is 9.40. The van der Waals surface area contributed by atoms with Crippen molar-refractivity contribution in [2.75, 3.05) is 19.4 Å². The minimum absolute atomic E-state index is 0.00755. The molecule has 0 saturated heterocycles. The Kier molecular flexibility index (Phi) is 6.78. The molecule has 4 rings (SSSR count). The van der Waals surface area contributed by atoms with Crippen molar-refractivity contribution in [2.24, 2.45) is 9.81 Å². The van der Waals surface area contributed by atoms with Crippen LogP contribution >= 0.6 is 11.6 Å². The standard InChI is InChI=1S/C24H28ClN5O5S/c1-24(2,3)20(18-12-13-11-14(25)9-10-17(13)35-18)27-22-21(28-36(33,34)29-22)26-16-8-6-7-15(19(16)31)23(32)30(4)5/h6-12,20,22,27,29,31H,1-5H3,(H,26,28). The van der Waals surface area contributed by atoms with E-state index in [1.807, 2.05) is 26.8 Å². The summed E-state index contributed by atoms with van der Waals surface area (Å²) in [5.41, 5.74) is 0.448. The molecule has 36 heavy (non-hydrogen) atoms. The summed E-state index contributed by atoms with van der Waals surface area (Å²) in [5, 5.41) is 18.2. The van der Waals surface area contributed by atoms with Gasteiger partial charge in [-0.2, -0.15) is 13.1 Å². The summed E-state index contributed by atoms with van der Waals surface area (Å²) in [6, 6.07) is 11.3. The van der Waals surface area contributed by atoms with Gasteiger partial charge in [-0.1, -0.05) is 38.4 Å². The number of carbonyl (C=O) groups is 1. The molecule has 0 fully saturated rings. The minimum atomic E-state index is -4.01. The number of aromatic hydroxyl groups is 1. The summed E-state index contributed by atoms with van der Waals surface area (Å²) in [5.74, 6) is -0.119. The van der Waals surface area contributed by atoms with Gasteiger partial charge < -0.3 is 19.7 Å². The van der Waals surface area contributed by atoms with Crippen molar-refractivity contribution in [2.45, 2.75) is 33.0 Å². The highest BCUT2D eigenvalue weighted by molar-refractivity contribution is 7.88. The lowest BCUT2D eigenvalue weighted by molar-refractivity contribution is 0.0824. The third-order valence-corrected chi connectivity index (χ3v) is 6.88. The number of fused-ring (bicyclic) bond motifs is 1. The zero-order chi connectivity index (χ0) is 26.4. The quantitative estimate of drug-likeness (QED) is 0.365. The highest BCUT2D eigenvalue weighted by Gasteiger charge is 2.38. The second-order valence-electron chi connectivity index (χ2n) is 9.83. The maximum atomic E-state index is 12.4. The van der Waals surface area contributed by atoms with Gasteiger partial charge in [0.2, 0.25) is 0 Å². The number of rotatable bonds is 5. The normalized spacial score (nSPS) is 18.2. The summed E-state index contributed by atoms with van der Waals surface area (Å²) in [6.45, 7) is 5.96. The first-order chi connectivity index (χ1) is 16.7. The van der Waals surface area contributed by atoms with E-state index in [1.165, 1.54) is 17.0 Å².